The first-order chi connectivity index (χ1) is 11.3. The number of benzene rings is 2. The van der Waals surface area contributed by atoms with Gasteiger partial charge in [-0.15, -0.1) is 0 Å². The van der Waals surface area contributed by atoms with Crippen LogP contribution < -0.4 is 4.74 Å². The van der Waals surface area contributed by atoms with Crippen LogP contribution in [0.5, 0.6) is 5.75 Å². The van der Waals surface area contributed by atoms with Crippen molar-refractivity contribution in [2.75, 3.05) is 6.61 Å². The highest BCUT2D eigenvalue weighted by molar-refractivity contribution is 5.53. The highest BCUT2D eigenvalue weighted by atomic mass is 16.5. The van der Waals surface area contributed by atoms with Crippen LogP contribution in [0.3, 0.4) is 0 Å². The van der Waals surface area contributed by atoms with Gasteiger partial charge in [-0.05, 0) is 36.8 Å². The molecule has 3 rings (SSSR count). The second kappa shape index (κ2) is 6.97. The summed E-state index contributed by atoms with van der Waals surface area (Å²) in [5, 5.41) is 0. The van der Waals surface area contributed by atoms with Crippen LogP contribution in [0, 0.1) is 6.92 Å². The van der Waals surface area contributed by atoms with Gasteiger partial charge in [0.2, 0.25) is 5.89 Å². The summed E-state index contributed by atoms with van der Waals surface area (Å²) in [4.78, 5) is 4.58. The Balaban J connectivity index is 1.62. The predicted molar refractivity (Wildman–Crippen MR) is 92.4 cm³/mol. The average molecular weight is 305 g/mol. The van der Waals surface area contributed by atoms with Crippen molar-refractivity contribution in [3.8, 4) is 17.2 Å². The molecule has 0 spiro atoms. The second-order valence-electron chi connectivity index (χ2n) is 5.26. The van der Waals surface area contributed by atoms with E-state index >= 15 is 0 Å². The van der Waals surface area contributed by atoms with Gasteiger partial charge in [0.1, 0.15) is 11.5 Å². The number of nitrogens with zero attached hydrogens (tertiary/aromatic N) is 1. The molecule has 1 heterocycles. The Hall–Kier alpha value is -2.81. The van der Waals surface area contributed by atoms with Crippen LogP contribution in [0.25, 0.3) is 17.5 Å². The molecule has 23 heavy (non-hydrogen) atoms. The zero-order valence-corrected chi connectivity index (χ0v) is 13.2. The van der Waals surface area contributed by atoms with Crippen molar-refractivity contribution < 1.29 is 9.15 Å². The maximum Gasteiger partial charge on any atom is 0.226 e. The fourth-order valence-electron chi connectivity index (χ4n) is 2.33. The van der Waals surface area contributed by atoms with E-state index in [1.165, 1.54) is 0 Å². The molecule has 1 aromatic heterocycles. The molecule has 0 amide bonds. The third-order valence-corrected chi connectivity index (χ3v) is 3.64. The van der Waals surface area contributed by atoms with Gasteiger partial charge in [0.25, 0.3) is 0 Å². The lowest BCUT2D eigenvalue weighted by Crippen LogP contribution is -2.02. The molecule has 116 valence electrons. The summed E-state index contributed by atoms with van der Waals surface area (Å²) in [7, 11) is 0. The van der Waals surface area contributed by atoms with E-state index in [0.29, 0.717) is 18.9 Å². The smallest absolute Gasteiger partial charge is 0.226 e. The van der Waals surface area contributed by atoms with Crippen molar-refractivity contribution in [2.45, 2.75) is 13.3 Å². The lowest BCUT2D eigenvalue weighted by Gasteiger charge is -2.05. The zero-order chi connectivity index (χ0) is 16.1. The lowest BCUT2D eigenvalue weighted by atomic mass is 10.2. The largest absolute Gasteiger partial charge is 0.493 e. The van der Waals surface area contributed by atoms with Crippen LogP contribution in [0.4, 0.5) is 0 Å². The summed E-state index contributed by atoms with van der Waals surface area (Å²) < 4.78 is 11.5. The van der Waals surface area contributed by atoms with E-state index in [1.54, 1.807) is 0 Å². The molecule has 0 radical (unpaired) electrons. The van der Waals surface area contributed by atoms with Crippen LogP contribution >= 0.6 is 0 Å². The lowest BCUT2D eigenvalue weighted by molar-refractivity contribution is 0.320. The Kier molecular flexibility index (Phi) is 4.57. The third-order valence-electron chi connectivity index (χ3n) is 3.64. The summed E-state index contributed by atoms with van der Waals surface area (Å²) in [6, 6.07) is 17.8. The van der Waals surface area contributed by atoms with Gasteiger partial charge in [-0.3, -0.25) is 0 Å². The van der Waals surface area contributed by atoms with Crippen LogP contribution in [-0.4, -0.2) is 11.6 Å². The molecule has 0 fully saturated rings. The maximum atomic E-state index is 5.76. The molecule has 0 bridgehead atoms. The third kappa shape index (κ3) is 3.69. The highest BCUT2D eigenvalue weighted by Gasteiger charge is 2.11. The van der Waals surface area contributed by atoms with E-state index in [-0.39, 0.29) is 0 Å². The molecular weight excluding hydrogens is 286 g/mol. The van der Waals surface area contributed by atoms with Crippen LogP contribution in [0.2, 0.25) is 0 Å². The number of ether oxygens (including phenoxy) is 1. The molecule has 0 unspecified atom stereocenters. The summed E-state index contributed by atoms with van der Waals surface area (Å²) in [6.07, 6.45) is 2.53. The molecule has 0 saturated heterocycles. The van der Waals surface area contributed by atoms with Gasteiger partial charge >= 0.3 is 0 Å². The highest BCUT2D eigenvalue weighted by Crippen LogP contribution is 2.22. The molecule has 3 heteroatoms. The number of oxazole rings is 1. The summed E-state index contributed by atoms with van der Waals surface area (Å²) in [5.74, 6) is 2.35. The second-order valence-corrected chi connectivity index (χ2v) is 5.26. The normalized spacial score (nSPS) is 10.5. The fraction of sp³-hybridized carbons (Fsp3) is 0.150. The first-order valence-corrected chi connectivity index (χ1v) is 7.63. The van der Waals surface area contributed by atoms with Gasteiger partial charge in [0.05, 0.1) is 12.3 Å². The number of hydrogen-bond donors (Lipinski definition) is 0. The molecule has 2 aromatic carbocycles. The van der Waals surface area contributed by atoms with Crippen LogP contribution in [-0.2, 0) is 6.42 Å². The quantitative estimate of drug-likeness (QED) is 0.648. The molecule has 0 atom stereocenters. The Morgan fingerprint density at radius 2 is 1.83 bits per heavy atom. The van der Waals surface area contributed by atoms with Gasteiger partial charge in [0.15, 0.2) is 0 Å². The molecule has 3 nitrogen and oxygen atoms in total. The number of aromatic nitrogens is 1. The number of rotatable bonds is 6. The minimum atomic E-state index is 0.565. The van der Waals surface area contributed by atoms with Crippen LogP contribution in [0.15, 0.2) is 65.6 Å². The first-order valence-electron chi connectivity index (χ1n) is 7.63. The summed E-state index contributed by atoms with van der Waals surface area (Å²) >= 11 is 0. The number of aryl methyl sites for hydroxylation is 1. The Labute approximate surface area is 136 Å². The first kappa shape index (κ1) is 15.1. The summed E-state index contributed by atoms with van der Waals surface area (Å²) in [6.45, 7) is 6.24. The minimum Gasteiger partial charge on any atom is -0.493 e. The van der Waals surface area contributed by atoms with Gasteiger partial charge in [-0.1, -0.05) is 43.0 Å². The molecule has 3 aromatic rings. The number of hydrogen-bond acceptors (Lipinski definition) is 3. The van der Waals surface area contributed by atoms with Crippen LogP contribution in [0.1, 0.15) is 17.0 Å². The standard InChI is InChI=1S/C20H19NO2/c1-3-16-9-11-18(12-10-16)22-14-13-19-15(2)23-20(21-19)17-7-5-4-6-8-17/h3-12H,1,13-14H2,2H3. The van der Waals surface area contributed by atoms with Crippen molar-refractivity contribution in [2.24, 2.45) is 0 Å². The monoisotopic (exact) mass is 305 g/mol. The summed E-state index contributed by atoms with van der Waals surface area (Å²) in [5.41, 5.74) is 3.01. The molecule has 0 aliphatic rings. The van der Waals surface area contributed by atoms with Crippen molar-refractivity contribution in [3.63, 3.8) is 0 Å². The van der Waals surface area contributed by atoms with Crippen molar-refractivity contribution in [1.82, 2.24) is 4.98 Å². The van der Waals surface area contributed by atoms with E-state index in [9.17, 15) is 0 Å². The van der Waals surface area contributed by atoms with Gasteiger partial charge in [0, 0.05) is 12.0 Å². The Morgan fingerprint density at radius 1 is 1.09 bits per heavy atom. The molecule has 0 saturated carbocycles. The predicted octanol–water partition coefficient (Wildman–Crippen LogP) is 4.91. The van der Waals surface area contributed by atoms with Crippen molar-refractivity contribution in [3.05, 3.63) is 78.2 Å². The maximum absolute atomic E-state index is 5.76. The SMILES string of the molecule is C=Cc1ccc(OCCc2nc(-c3ccccc3)oc2C)cc1. The van der Waals surface area contributed by atoms with E-state index in [2.05, 4.69) is 11.6 Å². The van der Waals surface area contributed by atoms with Gasteiger partial charge in [-0.25, -0.2) is 4.98 Å². The molecule has 0 aliphatic carbocycles. The molecular formula is C20H19NO2. The molecule has 0 N–H and O–H groups in total. The topological polar surface area (TPSA) is 35.3 Å². The van der Waals surface area contributed by atoms with E-state index in [0.717, 1.165) is 28.3 Å². The zero-order valence-electron chi connectivity index (χ0n) is 13.2. The fourth-order valence-corrected chi connectivity index (χ4v) is 2.33. The minimum absolute atomic E-state index is 0.565. The van der Waals surface area contributed by atoms with E-state index in [4.69, 9.17) is 9.15 Å². The van der Waals surface area contributed by atoms with E-state index in [1.807, 2.05) is 67.6 Å². The Bertz CT molecular complexity index is 773. The average Bonchev–Trinajstić information content (AvgIpc) is 2.97. The molecule has 0 aliphatic heterocycles. The van der Waals surface area contributed by atoms with Crippen molar-refractivity contribution in [1.29, 1.82) is 0 Å². The van der Waals surface area contributed by atoms with Gasteiger partial charge < -0.3 is 9.15 Å². The van der Waals surface area contributed by atoms with E-state index < -0.39 is 0 Å². The van der Waals surface area contributed by atoms with Gasteiger partial charge in [-0.2, -0.15) is 0 Å². The Morgan fingerprint density at radius 3 is 2.52 bits per heavy atom. The van der Waals surface area contributed by atoms with Crippen molar-refractivity contribution >= 4 is 6.08 Å².